The van der Waals surface area contributed by atoms with Crippen LogP contribution in [0.2, 0.25) is 0 Å². The third kappa shape index (κ3) is 7.30. The van der Waals surface area contributed by atoms with Gasteiger partial charge in [0.25, 0.3) is 0 Å². The first-order valence-electron chi connectivity index (χ1n) is 10.6. The minimum atomic E-state index is -4.86. The van der Waals surface area contributed by atoms with E-state index in [0.717, 1.165) is 42.3 Å². The van der Waals surface area contributed by atoms with Gasteiger partial charge in [-0.15, -0.1) is 59.3 Å². The van der Waals surface area contributed by atoms with E-state index in [1.807, 2.05) is 18.2 Å². The maximum absolute atomic E-state index is 13.3. The molecule has 0 unspecified atom stereocenters. The average Bonchev–Trinajstić information content (AvgIpc) is 2.93. The standard InChI is InChI=1S/C25H23F6.2ClH.Zr/c26-24(27,28)20-13-19(14-21(15-20)25(29,30)31)22-9-5-8-18-11-17(12-23(18)22)10-16-6-3-1-2-4-7-16;;;/h5,8-9,11-16H,1-4,6-7,10H2;2*1H;/q-1;;;. The number of alkyl halides is 6. The molecule has 1 aliphatic rings. The predicted octanol–water partition coefficient (Wildman–Crippen LogP) is 9.62. The van der Waals surface area contributed by atoms with Crippen molar-refractivity contribution >= 4 is 35.6 Å². The molecule has 0 radical (unpaired) electrons. The van der Waals surface area contributed by atoms with Gasteiger partial charge in [0, 0.05) is 26.2 Å². The maximum Gasteiger partial charge on any atom is 0.416 e. The summed E-state index contributed by atoms with van der Waals surface area (Å²) in [7, 11) is 0. The van der Waals surface area contributed by atoms with Crippen molar-refractivity contribution in [3.8, 4) is 11.1 Å². The Morgan fingerprint density at radius 2 is 1.32 bits per heavy atom. The molecule has 4 rings (SSSR count). The van der Waals surface area contributed by atoms with Crippen LogP contribution in [0.5, 0.6) is 0 Å². The van der Waals surface area contributed by atoms with Gasteiger partial charge >= 0.3 is 12.4 Å². The summed E-state index contributed by atoms with van der Waals surface area (Å²) in [6.45, 7) is 0. The van der Waals surface area contributed by atoms with E-state index in [9.17, 15) is 26.3 Å². The summed E-state index contributed by atoms with van der Waals surface area (Å²) >= 11 is 0. The van der Waals surface area contributed by atoms with Crippen LogP contribution in [-0.2, 0) is 45.0 Å². The summed E-state index contributed by atoms with van der Waals surface area (Å²) in [4.78, 5) is 0. The second-order valence-corrected chi connectivity index (χ2v) is 8.53. The van der Waals surface area contributed by atoms with Crippen LogP contribution < -0.4 is 0 Å². The van der Waals surface area contributed by atoms with E-state index in [4.69, 9.17) is 0 Å². The molecule has 0 nitrogen and oxygen atoms in total. The van der Waals surface area contributed by atoms with Gasteiger partial charge in [-0.25, -0.2) is 0 Å². The average molecular weight is 602 g/mol. The van der Waals surface area contributed by atoms with Gasteiger partial charge in [0.1, 0.15) is 0 Å². The monoisotopic (exact) mass is 599 g/mol. The van der Waals surface area contributed by atoms with Crippen LogP contribution in [0, 0.1) is 5.92 Å². The van der Waals surface area contributed by atoms with Crippen LogP contribution in [0.4, 0.5) is 26.3 Å². The van der Waals surface area contributed by atoms with E-state index in [1.165, 1.54) is 25.7 Å². The zero-order valence-corrected chi connectivity index (χ0v) is 22.3. The Balaban J connectivity index is 0.00000193. The second-order valence-electron chi connectivity index (χ2n) is 8.53. The molecular weight excluding hydrogens is 576 g/mol. The van der Waals surface area contributed by atoms with E-state index in [2.05, 4.69) is 0 Å². The molecule has 0 amide bonds. The Morgan fingerprint density at radius 3 is 1.85 bits per heavy atom. The molecule has 0 atom stereocenters. The van der Waals surface area contributed by atoms with Crippen LogP contribution in [-0.4, -0.2) is 0 Å². The Kier molecular flexibility index (Phi) is 11.3. The SMILES string of the molecule is Cl.Cl.FC(F)(F)c1cc(-c2cccc3[cH-]c(CC4CCCCCC4)cc23)cc(C(F)(F)F)c1.[Zr]. The molecule has 0 aromatic heterocycles. The van der Waals surface area contributed by atoms with Gasteiger partial charge in [-0.3, -0.25) is 0 Å². The van der Waals surface area contributed by atoms with Gasteiger partial charge in [0.2, 0.25) is 0 Å². The number of hydrogen-bond donors (Lipinski definition) is 0. The van der Waals surface area contributed by atoms with Gasteiger partial charge in [-0.05, 0) is 36.1 Å². The van der Waals surface area contributed by atoms with Crippen molar-refractivity contribution in [1.82, 2.24) is 0 Å². The van der Waals surface area contributed by atoms with E-state index in [1.54, 1.807) is 12.1 Å². The molecule has 9 heteroatoms. The first kappa shape index (κ1) is 31.1. The van der Waals surface area contributed by atoms with Crippen LogP contribution in [0.3, 0.4) is 0 Å². The van der Waals surface area contributed by atoms with Crippen molar-refractivity contribution in [3.05, 3.63) is 65.2 Å². The summed E-state index contributed by atoms with van der Waals surface area (Å²) in [5.41, 5.74) is -1.17. The zero-order chi connectivity index (χ0) is 22.2. The van der Waals surface area contributed by atoms with Gasteiger partial charge in [0.05, 0.1) is 11.1 Å². The Hall–Kier alpha value is -0.907. The van der Waals surface area contributed by atoms with Crippen LogP contribution in [0.1, 0.15) is 55.2 Å². The number of fused-ring (bicyclic) bond motifs is 1. The first-order valence-corrected chi connectivity index (χ1v) is 10.6. The summed E-state index contributed by atoms with van der Waals surface area (Å²) < 4.78 is 79.8. The molecule has 3 aromatic rings. The zero-order valence-electron chi connectivity index (χ0n) is 18.2. The number of rotatable bonds is 3. The van der Waals surface area contributed by atoms with Gasteiger partial charge in [-0.1, -0.05) is 50.2 Å². The van der Waals surface area contributed by atoms with Crippen molar-refractivity contribution in [2.45, 2.75) is 57.3 Å². The molecule has 0 spiro atoms. The predicted molar refractivity (Wildman–Crippen MR) is 124 cm³/mol. The molecule has 1 saturated carbocycles. The molecule has 1 fully saturated rings. The Bertz CT molecular complexity index is 1030. The molecule has 1 aliphatic carbocycles. The molecule has 0 bridgehead atoms. The van der Waals surface area contributed by atoms with Gasteiger partial charge in [-0.2, -0.15) is 32.4 Å². The van der Waals surface area contributed by atoms with Crippen molar-refractivity contribution in [3.63, 3.8) is 0 Å². The number of benzene rings is 2. The topological polar surface area (TPSA) is 0 Å². The normalized spacial score (nSPS) is 15.1. The van der Waals surface area contributed by atoms with E-state index >= 15 is 0 Å². The molecule has 186 valence electrons. The van der Waals surface area contributed by atoms with Crippen LogP contribution >= 0.6 is 24.8 Å². The fraction of sp³-hybridized carbons (Fsp3) is 0.400. The summed E-state index contributed by atoms with van der Waals surface area (Å²) in [5, 5.41) is 1.53. The molecule has 3 aromatic carbocycles. The van der Waals surface area contributed by atoms with Crippen molar-refractivity contribution < 1.29 is 52.5 Å². The smallest absolute Gasteiger partial charge is 0.166 e. The first-order chi connectivity index (χ1) is 14.6. The summed E-state index contributed by atoms with van der Waals surface area (Å²) in [6.07, 6.45) is -1.58. The maximum atomic E-state index is 13.3. The Labute approximate surface area is 226 Å². The van der Waals surface area contributed by atoms with E-state index in [-0.39, 0.29) is 62.6 Å². The fourth-order valence-electron chi connectivity index (χ4n) is 4.68. The fourth-order valence-corrected chi connectivity index (χ4v) is 4.68. The summed E-state index contributed by atoms with van der Waals surface area (Å²) in [6, 6.07) is 10.9. The summed E-state index contributed by atoms with van der Waals surface area (Å²) in [5.74, 6) is 0.577. The van der Waals surface area contributed by atoms with Crippen molar-refractivity contribution in [1.29, 1.82) is 0 Å². The van der Waals surface area contributed by atoms with Crippen LogP contribution in [0.25, 0.3) is 21.9 Å². The third-order valence-electron chi connectivity index (χ3n) is 6.21. The molecule has 34 heavy (non-hydrogen) atoms. The van der Waals surface area contributed by atoms with E-state index < -0.39 is 23.5 Å². The van der Waals surface area contributed by atoms with E-state index in [0.29, 0.717) is 16.9 Å². The largest absolute Gasteiger partial charge is 0.416 e. The quantitative estimate of drug-likeness (QED) is 0.159. The Morgan fingerprint density at radius 1 is 0.765 bits per heavy atom. The van der Waals surface area contributed by atoms with Gasteiger partial charge < -0.3 is 0 Å². The minimum absolute atomic E-state index is 0. The molecule has 0 saturated heterocycles. The minimum Gasteiger partial charge on any atom is -0.166 e. The molecule has 0 aliphatic heterocycles. The number of halogens is 8. The van der Waals surface area contributed by atoms with Crippen molar-refractivity contribution in [2.75, 3.05) is 0 Å². The van der Waals surface area contributed by atoms with Crippen LogP contribution in [0.15, 0.2) is 48.5 Å². The number of hydrogen-bond acceptors (Lipinski definition) is 0. The van der Waals surface area contributed by atoms with Crippen molar-refractivity contribution in [2.24, 2.45) is 5.92 Å². The molecule has 0 N–H and O–H groups in total. The third-order valence-corrected chi connectivity index (χ3v) is 6.21. The molecular formula is C25H25Cl2F6Zr-. The van der Waals surface area contributed by atoms with Gasteiger partial charge in [0.15, 0.2) is 0 Å². The second kappa shape index (κ2) is 12.4. The molecule has 0 heterocycles.